The first kappa shape index (κ1) is 76.9. The SMILES string of the molecule is CC/C=C\C/C=C\C/C=C\C/C=C\C/C=C\CCCCCCCCCCCCCCCCCCCCCC(=O)OCC(COC(=O)CCCCCCC/C=C\CCC)OC(=O)CCCCCCCCCCCCCCCCCCC. The summed E-state index contributed by atoms with van der Waals surface area (Å²) in [5, 5.41) is 0. The fourth-order valence-corrected chi connectivity index (χ4v) is 10.2. The normalized spacial score (nSPS) is 12.5. The summed E-state index contributed by atoms with van der Waals surface area (Å²) in [6, 6.07) is 0. The minimum Gasteiger partial charge on any atom is -0.462 e. The molecule has 0 heterocycles. The Bertz CT molecular complexity index is 1470. The van der Waals surface area contributed by atoms with E-state index < -0.39 is 6.10 Å². The van der Waals surface area contributed by atoms with Crippen LogP contribution in [0.25, 0.3) is 0 Å². The molecule has 0 aromatic carbocycles. The van der Waals surface area contributed by atoms with E-state index in [0.717, 1.165) is 103 Å². The van der Waals surface area contributed by atoms with Gasteiger partial charge in [0.05, 0.1) is 0 Å². The van der Waals surface area contributed by atoms with Crippen molar-refractivity contribution >= 4 is 17.9 Å². The van der Waals surface area contributed by atoms with Crippen LogP contribution in [0.4, 0.5) is 0 Å². The number of allylic oxidation sites excluding steroid dienone is 12. The van der Waals surface area contributed by atoms with Gasteiger partial charge in [0, 0.05) is 19.3 Å². The first-order valence-electron chi connectivity index (χ1n) is 34.9. The molecule has 1 unspecified atom stereocenters. The standard InChI is InChI=1S/C74H132O6/c1-4-7-10-13-16-19-22-24-26-28-29-30-31-32-33-34-35-36-37-38-39-40-41-42-43-44-45-47-48-50-52-55-58-61-64-67-73(76)79-70-71(69-78-72(75)66-63-60-57-54-21-18-15-12-9-6-3)80-74(77)68-65-62-59-56-53-51-49-46-27-25-23-20-17-14-11-8-5-2/h7,10,12,15-16,19,24,26,29-30,32-33,71H,4-6,8-9,11,13-14,17-18,20-23,25,27-28,31,34-70H2,1-3H3/b10-7-,15-12-,19-16-,26-24-,30-29-,33-32-. The van der Waals surface area contributed by atoms with Gasteiger partial charge in [-0.15, -0.1) is 0 Å². The van der Waals surface area contributed by atoms with Gasteiger partial charge in [-0.25, -0.2) is 0 Å². The summed E-state index contributed by atoms with van der Waals surface area (Å²) in [5.41, 5.74) is 0. The minimum absolute atomic E-state index is 0.0715. The summed E-state index contributed by atoms with van der Waals surface area (Å²) >= 11 is 0. The van der Waals surface area contributed by atoms with Crippen molar-refractivity contribution in [2.75, 3.05) is 13.2 Å². The molecule has 0 aliphatic rings. The van der Waals surface area contributed by atoms with Crippen LogP contribution in [0.3, 0.4) is 0 Å². The molecule has 0 bridgehead atoms. The number of ether oxygens (including phenoxy) is 3. The lowest BCUT2D eigenvalue weighted by Crippen LogP contribution is -2.30. The maximum absolute atomic E-state index is 12.9. The van der Waals surface area contributed by atoms with E-state index in [1.807, 2.05) is 0 Å². The summed E-state index contributed by atoms with van der Waals surface area (Å²) in [6.45, 7) is 6.51. The fraction of sp³-hybridized carbons (Fsp3) is 0.797. The molecular formula is C74H132O6. The number of carbonyl (C=O) groups is 3. The van der Waals surface area contributed by atoms with E-state index in [2.05, 4.69) is 93.7 Å². The summed E-state index contributed by atoms with van der Waals surface area (Å²) in [6.07, 6.45) is 89.5. The fourth-order valence-electron chi connectivity index (χ4n) is 10.2. The van der Waals surface area contributed by atoms with Crippen LogP contribution in [0.5, 0.6) is 0 Å². The largest absolute Gasteiger partial charge is 0.462 e. The van der Waals surface area contributed by atoms with E-state index in [4.69, 9.17) is 14.2 Å². The first-order chi connectivity index (χ1) is 39.5. The van der Waals surface area contributed by atoms with E-state index in [9.17, 15) is 14.4 Å². The van der Waals surface area contributed by atoms with Gasteiger partial charge in [0.1, 0.15) is 13.2 Å². The van der Waals surface area contributed by atoms with Crippen LogP contribution in [-0.2, 0) is 28.6 Å². The monoisotopic (exact) mass is 1120 g/mol. The zero-order valence-electron chi connectivity index (χ0n) is 53.3. The lowest BCUT2D eigenvalue weighted by Gasteiger charge is -2.18. The molecule has 0 aliphatic heterocycles. The second-order valence-corrected chi connectivity index (χ2v) is 23.4. The van der Waals surface area contributed by atoms with Crippen molar-refractivity contribution in [3.8, 4) is 0 Å². The summed E-state index contributed by atoms with van der Waals surface area (Å²) in [7, 11) is 0. The highest BCUT2D eigenvalue weighted by Gasteiger charge is 2.19. The molecule has 0 aliphatic carbocycles. The van der Waals surface area contributed by atoms with Crippen LogP contribution in [0.2, 0.25) is 0 Å². The topological polar surface area (TPSA) is 78.9 Å². The van der Waals surface area contributed by atoms with Gasteiger partial charge in [0.2, 0.25) is 0 Å². The van der Waals surface area contributed by atoms with Crippen LogP contribution >= 0.6 is 0 Å². The van der Waals surface area contributed by atoms with Gasteiger partial charge in [-0.05, 0) is 83.5 Å². The van der Waals surface area contributed by atoms with Gasteiger partial charge in [-0.3, -0.25) is 14.4 Å². The van der Waals surface area contributed by atoms with Gasteiger partial charge < -0.3 is 14.2 Å². The zero-order chi connectivity index (χ0) is 57.8. The Labute approximate surface area is 497 Å². The Balaban J connectivity index is 4.05. The van der Waals surface area contributed by atoms with Crippen molar-refractivity contribution in [1.82, 2.24) is 0 Å². The van der Waals surface area contributed by atoms with E-state index >= 15 is 0 Å². The molecular weight excluding hydrogens is 985 g/mol. The third-order valence-electron chi connectivity index (χ3n) is 15.4. The lowest BCUT2D eigenvalue weighted by molar-refractivity contribution is -0.167. The number of carbonyl (C=O) groups excluding carboxylic acids is 3. The van der Waals surface area contributed by atoms with Gasteiger partial charge >= 0.3 is 17.9 Å². The molecule has 6 heteroatoms. The third kappa shape index (κ3) is 65.7. The number of hydrogen-bond donors (Lipinski definition) is 0. The Hall–Kier alpha value is -3.15. The van der Waals surface area contributed by atoms with Crippen LogP contribution < -0.4 is 0 Å². The van der Waals surface area contributed by atoms with E-state index in [0.29, 0.717) is 19.3 Å². The van der Waals surface area contributed by atoms with Gasteiger partial charge in [0.25, 0.3) is 0 Å². The lowest BCUT2D eigenvalue weighted by atomic mass is 10.0. The number of unbranched alkanes of at least 4 members (excludes halogenated alkanes) is 41. The molecule has 464 valence electrons. The maximum atomic E-state index is 12.9. The molecule has 0 amide bonds. The molecule has 1 atom stereocenters. The smallest absolute Gasteiger partial charge is 0.306 e. The van der Waals surface area contributed by atoms with Crippen molar-refractivity contribution in [3.05, 3.63) is 72.9 Å². The Morgan fingerprint density at radius 1 is 0.263 bits per heavy atom. The number of esters is 3. The highest BCUT2D eigenvalue weighted by atomic mass is 16.6. The average Bonchev–Trinajstić information content (AvgIpc) is 3.46. The number of rotatable bonds is 64. The molecule has 0 saturated heterocycles. The second kappa shape index (κ2) is 68.3. The Morgan fingerprint density at radius 3 is 0.825 bits per heavy atom. The molecule has 0 radical (unpaired) electrons. The molecule has 0 aromatic heterocycles. The van der Waals surface area contributed by atoms with E-state index in [-0.39, 0.29) is 31.1 Å². The summed E-state index contributed by atoms with van der Waals surface area (Å²) < 4.78 is 16.9. The maximum Gasteiger partial charge on any atom is 0.306 e. The molecule has 0 fully saturated rings. The van der Waals surface area contributed by atoms with Crippen LogP contribution in [0.1, 0.15) is 361 Å². The second-order valence-electron chi connectivity index (χ2n) is 23.4. The predicted molar refractivity (Wildman–Crippen MR) is 348 cm³/mol. The molecule has 80 heavy (non-hydrogen) atoms. The number of hydrogen-bond acceptors (Lipinski definition) is 6. The van der Waals surface area contributed by atoms with Crippen LogP contribution in [-0.4, -0.2) is 37.2 Å². The Morgan fingerprint density at radius 2 is 0.512 bits per heavy atom. The van der Waals surface area contributed by atoms with Crippen molar-refractivity contribution in [1.29, 1.82) is 0 Å². The van der Waals surface area contributed by atoms with E-state index in [1.165, 1.54) is 218 Å². The molecule has 0 saturated carbocycles. The molecule has 0 N–H and O–H groups in total. The highest BCUT2D eigenvalue weighted by Crippen LogP contribution is 2.18. The molecule has 0 spiro atoms. The average molecular weight is 1120 g/mol. The predicted octanol–water partition coefficient (Wildman–Crippen LogP) is 24.1. The molecule has 6 nitrogen and oxygen atoms in total. The minimum atomic E-state index is -0.774. The van der Waals surface area contributed by atoms with Crippen molar-refractivity contribution < 1.29 is 28.6 Å². The zero-order valence-corrected chi connectivity index (χ0v) is 53.3. The van der Waals surface area contributed by atoms with Crippen LogP contribution in [0, 0.1) is 0 Å². The van der Waals surface area contributed by atoms with E-state index in [1.54, 1.807) is 0 Å². The summed E-state index contributed by atoms with van der Waals surface area (Å²) in [4.78, 5) is 38.3. The van der Waals surface area contributed by atoms with Gasteiger partial charge in [-0.1, -0.05) is 331 Å². The van der Waals surface area contributed by atoms with Gasteiger partial charge in [0.15, 0.2) is 6.10 Å². The first-order valence-corrected chi connectivity index (χ1v) is 34.9. The summed E-state index contributed by atoms with van der Waals surface area (Å²) in [5.74, 6) is -0.861. The quantitative estimate of drug-likeness (QED) is 0.0261. The molecule has 0 rings (SSSR count). The molecule has 0 aromatic rings. The van der Waals surface area contributed by atoms with Crippen LogP contribution in [0.15, 0.2) is 72.9 Å². The highest BCUT2D eigenvalue weighted by molar-refractivity contribution is 5.71. The van der Waals surface area contributed by atoms with Gasteiger partial charge in [-0.2, -0.15) is 0 Å². The third-order valence-corrected chi connectivity index (χ3v) is 15.4. The van der Waals surface area contributed by atoms with Crippen molar-refractivity contribution in [2.45, 2.75) is 367 Å². The van der Waals surface area contributed by atoms with Crippen molar-refractivity contribution in [2.24, 2.45) is 0 Å². The van der Waals surface area contributed by atoms with Crippen molar-refractivity contribution in [3.63, 3.8) is 0 Å². The Kier molecular flexibility index (Phi) is 65.7.